The molecule has 0 spiro atoms. The van der Waals surface area contributed by atoms with Gasteiger partial charge in [0.25, 0.3) is 0 Å². The lowest BCUT2D eigenvalue weighted by atomic mass is 9.93. The average Bonchev–Trinajstić information content (AvgIpc) is 1.61. The highest BCUT2D eigenvalue weighted by Crippen LogP contribution is 2.22. The van der Waals surface area contributed by atoms with E-state index in [-0.39, 0.29) is 0 Å². The summed E-state index contributed by atoms with van der Waals surface area (Å²) in [6, 6.07) is 0.537. The Kier molecular flexibility index (Phi) is 1.61. The SMILES string of the molecule is CC(C)C1CCN1C#N. The standard InChI is InChI=1S/C7H12N2/c1-6(2)7-3-4-9(7)5-8/h6-7H,3-4H2,1-2H3. The fourth-order valence-corrected chi connectivity index (χ4v) is 1.22. The molecule has 0 saturated carbocycles. The number of hydrogen-bond acceptors (Lipinski definition) is 2. The first-order valence-electron chi connectivity index (χ1n) is 3.42. The minimum atomic E-state index is 0.537. The third-order valence-electron chi connectivity index (χ3n) is 1.96. The van der Waals surface area contributed by atoms with Gasteiger partial charge in [-0.25, -0.2) is 0 Å². The van der Waals surface area contributed by atoms with Crippen molar-refractivity contribution >= 4 is 0 Å². The lowest BCUT2D eigenvalue weighted by Crippen LogP contribution is -2.47. The van der Waals surface area contributed by atoms with Crippen LogP contribution in [0, 0.1) is 17.4 Å². The van der Waals surface area contributed by atoms with Crippen molar-refractivity contribution in [2.75, 3.05) is 6.54 Å². The van der Waals surface area contributed by atoms with E-state index in [0.717, 1.165) is 6.54 Å². The molecule has 1 rings (SSSR count). The molecular weight excluding hydrogens is 112 g/mol. The Hall–Kier alpha value is -0.710. The average molecular weight is 124 g/mol. The first-order valence-corrected chi connectivity index (χ1v) is 3.42. The van der Waals surface area contributed by atoms with Gasteiger partial charge in [-0.15, -0.1) is 0 Å². The van der Waals surface area contributed by atoms with Gasteiger partial charge in [0.1, 0.15) is 0 Å². The molecule has 1 unspecified atom stereocenters. The first-order chi connectivity index (χ1) is 4.25. The lowest BCUT2D eigenvalue weighted by Gasteiger charge is -2.39. The zero-order valence-corrected chi connectivity index (χ0v) is 5.96. The fraction of sp³-hybridized carbons (Fsp3) is 0.857. The van der Waals surface area contributed by atoms with E-state index in [1.165, 1.54) is 6.42 Å². The smallest absolute Gasteiger partial charge is 0.179 e. The molecule has 2 heteroatoms. The maximum Gasteiger partial charge on any atom is 0.179 e. The summed E-state index contributed by atoms with van der Waals surface area (Å²) in [5, 5.41) is 8.48. The topological polar surface area (TPSA) is 27.0 Å². The van der Waals surface area contributed by atoms with E-state index in [4.69, 9.17) is 5.26 Å². The molecule has 0 aromatic carbocycles. The highest BCUT2D eigenvalue weighted by molar-refractivity contribution is 4.92. The molecule has 0 aliphatic carbocycles. The Labute approximate surface area is 56.1 Å². The van der Waals surface area contributed by atoms with E-state index >= 15 is 0 Å². The third kappa shape index (κ3) is 0.999. The van der Waals surface area contributed by atoms with E-state index in [0.29, 0.717) is 12.0 Å². The zero-order chi connectivity index (χ0) is 6.85. The molecule has 50 valence electrons. The second kappa shape index (κ2) is 2.26. The number of nitrogens with zero attached hydrogens (tertiary/aromatic N) is 2. The summed E-state index contributed by atoms with van der Waals surface area (Å²) < 4.78 is 0. The van der Waals surface area contributed by atoms with Gasteiger partial charge in [-0.1, -0.05) is 13.8 Å². The van der Waals surface area contributed by atoms with Crippen LogP contribution in [0.5, 0.6) is 0 Å². The Bertz CT molecular complexity index is 134. The van der Waals surface area contributed by atoms with Crippen molar-refractivity contribution in [1.29, 1.82) is 5.26 Å². The van der Waals surface area contributed by atoms with Crippen LogP contribution in [-0.2, 0) is 0 Å². The molecule has 0 aromatic rings. The van der Waals surface area contributed by atoms with E-state index in [1.54, 1.807) is 0 Å². The molecule has 0 radical (unpaired) electrons. The van der Waals surface area contributed by atoms with Crippen molar-refractivity contribution < 1.29 is 0 Å². The molecule has 1 aliphatic rings. The largest absolute Gasteiger partial charge is 0.307 e. The summed E-state index contributed by atoms with van der Waals surface area (Å²) in [7, 11) is 0. The van der Waals surface area contributed by atoms with Crippen LogP contribution in [0.1, 0.15) is 20.3 Å². The molecular formula is C7H12N2. The van der Waals surface area contributed by atoms with Crippen LogP contribution < -0.4 is 0 Å². The first kappa shape index (κ1) is 6.41. The molecule has 9 heavy (non-hydrogen) atoms. The van der Waals surface area contributed by atoms with Gasteiger partial charge in [0.05, 0.1) is 0 Å². The molecule has 1 fully saturated rings. The molecule has 0 bridgehead atoms. The van der Waals surface area contributed by atoms with Gasteiger partial charge < -0.3 is 4.90 Å². The number of rotatable bonds is 1. The summed E-state index contributed by atoms with van der Waals surface area (Å²) in [4.78, 5) is 1.85. The van der Waals surface area contributed by atoms with Gasteiger partial charge in [0.15, 0.2) is 6.19 Å². The van der Waals surface area contributed by atoms with E-state index < -0.39 is 0 Å². The normalized spacial score (nSPS) is 25.6. The second-order valence-corrected chi connectivity index (χ2v) is 2.89. The number of nitriles is 1. The van der Waals surface area contributed by atoms with Gasteiger partial charge in [-0.05, 0) is 12.3 Å². The highest BCUT2D eigenvalue weighted by Gasteiger charge is 2.28. The van der Waals surface area contributed by atoms with Crippen LogP contribution in [0.25, 0.3) is 0 Å². The molecule has 0 amide bonds. The van der Waals surface area contributed by atoms with Crippen molar-refractivity contribution in [1.82, 2.24) is 4.90 Å². The Balaban J connectivity index is 2.38. The van der Waals surface area contributed by atoms with E-state index in [1.807, 2.05) is 4.90 Å². The monoisotopic (exact) mass is 124 g/mol. The fourth-order valence-electron chi connectivity index (χ4n) is 1.22. The molecule has 2 nitrogen and oxygen atoms in total. The van der Waals surface area contributed by atoms with Gasteiger partial charge in [-0.2, -0.15) is 5.26 Å². The number of hydrogen-bond donors (Lipinski definition) is 0. The van der Waals surface area contributed by atoms with Crippen molar-refractivity contribution in [2.45, 2.75) is 26.3 Å². The van der Waals surface area contributed by atoms with Gasteiger partial charge in [-0.3, -0.25) is 0 Å². The summed E-state index contributed by atoms with van der Waals surface area (Å²) in [6.45, 7) is 5.29. The van der Waals surface area contributed by atoms with Gasteiger partial charge in [0.2, 0.25) is 0 Å². The van der Waals surface area contributed by atoms with Gasteiger partial charge in [0, 0.05) is 12.6 Å². The predicted molar refractivity (Wildman–Crippen MR) is 35.6 cm³/mol. The van der Waals surface area contributed by atoms with Crippen LogP contribution in [-0.4, -0.2) is 17.5 Å². The Morgan fingerprint density at radius 1 is 1.67 bits per heavy atom. The Morgan fingerprint density at radius 3 is 2.44 bits per heavy atom. The number of likely N-dealkylation sites (tertiary alicyclic amines) is 1. The molecule has 1 saturated heterocycles. The molecule has 1 aliphatic heterocycles. The predicted octanol–water partition coefficient (Wildman–Crippen LogP) is 1.20. The summed E-state index contributed by atoms with van der Waals surface area (Å²) >= 11 is 0. The van der Waals surface area contributed by atoms with Gasteiger partial charge >= 0.3 is 0 Å². The van der Waals surface area contributed by atoms with E-state index in [9.17, 15) is 0 Å². The van der Waals surface area contributed by atoms with Crippen LogP contribution in [0.4, 0.5) is 0 Å². The molecule has 0 aromatic heterocycles. The maximum absolute atomic E-state index is 8.48. The molecule has 1 heterocycles. The second-order valence-electron chi connectivity index (χ2n) is 2.89. The summed E-state index contributed by atoms with van der Waals surface area (Å²) in [6.07, 6.45) is 3.37. The van der Waals surface area contributed by atoms with Crippen molar-refractivity contribution in [3.05, 3.63) is 0 Å². The molecule has 0 N–H and O–H groups in total. The highest BCUT2D eigenvalue weighted by atomic mass is 15.2. The van der Waals surface area contributed by atoms with Crippen LogP contribution in [0.3, 0.4) is 0 Å². The summed E-state index contributed by atoms with van der Waals surface area (Å²) in [5.41, 5.74) is 0. The van der Waals surface area contributed by atoms with Crippen LogP contribution in [0.15, 0.2) is 0 Å². The quantitative estimate of drug-likeness (QED) is 0.491. The Morgan fingerprint density at radius 2 is 2.33 bits per heavy atom. The summed E-state index contributed by atoms with van der Waals surface area (Å²) in [5.74, 6) is 0.637. The minimum Gasteiger partial charge on any atom is -0.307 e. The maximum atomic E-state index is 8.48. The minimum absolute atomic E-state index is 0.537. The third-order valence-corrected chi connectivity index (χ3v) is 1.96. The zero-order valence-electron chi connectivity index (χ0n) is 5.96. The van der Waals surface area contributed by atoms with Crippen LogP contribution >= 0.6 is 0 Å². The molecule has 1 atom stereocenters. The lowest BCUT2D eigenvalue weighted by molar-refractivity contribution is 0.121. The van der Waals surface area contributed by atoms with Crippen molar-refractivity contribution in [2.24, 2.45) is 5.92 Å². The van der Waals surface area contributed by atoms with Crippen LogP contribution in [0.2, 0.25) is 0 Å². The van der Waals surface area contributed by atoms with Crippen molar-refractivity contribution in [3.63, 3.8) is 0 Å². The van der Waals surface area contributed by atoms with E-state index in [2.05, 4.69) is 20.0 Å². The van der Waals surface area contributed by atoms with Crippen molar-refractivity contribution in [3.8, 4) is 6.19 Å².